The first-order valence-electron chi connectivity index (χ1n) is 10.6. The van der Waals surface area contributed by atoms with Gasteiger partial charge in [-0.25, -0.2) is 0 Å². The van der Waals surface area contributed by atoms with Gasteiger partial charge >= 0.3 is 0 Å². The van der Waals surface area contributed by atoms with E-state index in [1.807, 2.05) is 18.2 Å². The van der Waals surface area contributed by atoms with Crippen molar-refractivity contribution in [1.82, 2.24) is 0 Å². The molecule has 4 aromatic rings. The van der Waals surface area contributed by atoms with E-state index in [-0.39, 0.29) is 7.43 Å². The highest BCUT2D eigenvalue weighted by atomic mass is 14.1. The fraction of sp³-hybridized carbons (Fsp3) is 0.226. The summed E-state index contributed by atoms with van der Waals surface area (Å²) in [7, 11) is 0. The summed E-state index contributed by atoms with van der Waals surface area (Å²) < 4.78 is 0. The fourth-order valence-corrected chi connectivity index (χ4v) is 3.10. The van der Waals surface area contributed by atoms with Crippen molar-refractivity contribution in [2.75, 3.05) is 0 Å². The summed E-state index contributed by atoms with van der Waals surface area (Å²) in [6, 6.07) is 38.0. The molecule has 0 heterocycles. The first-order valence-corrected chi connectivity index (χ1v) is 10.6. The summed E-state index contributed by atoms with van der Waals surface area (Å²) in [4.78, 5) is 0. The first-order chi connectivity index (χ1) is 14.5. The quantitative estimate of drug-likeness (QED) is 0.309. The molecule has 0 amide bonds. The number of hydrogen-bond acceptors (Lipinski definition) is 0. The lowest BCUT2D eigenvalue weighted by molar-refractivity contribution is 0.922. The molecule has 0 aliphatic carbocycles. The van der Waals surface area contributed by atoms with Gasteiger partial charge in [0.15, 0.2) is 0 Å². The van der Waals surface area contributed by atoms with Crippen LogP contribution in [0.1, 0.15) is 53.6 Å². The monoisotopic (exact) mass is 410 g/mol. The van der Waals surface area contributed by atoms with Crippen LogP contribution in [0.25, 0.3) is 0 Å². The van der Waals surface area contributed by atoms with Gasteiger partial charge in [-0.3, -0.25) is 0 Å². The van der Waals surface area contributed by atoms with Crippen molar-refractivity contribution in [1.29, 1.82) is 0 Å². The topological polar surface area (TPSA) is 0 Å². The Morgan fingerprint density at radius 3 is 1.19 bits per heavy atom. The SMILES string of the molecule is C.CC(c1ccccc1)c1ccccc1.Cc1ccc(C)c(C)c1.Cc1ccccc1. The fourth-order valence-electron chi connectivity index (χ4n) is 3.10. The van der Waals surface area contributed by atoms with Gasteiger partial charge in [-0.2, -0.15) is 0 Å². The summed E-state index contributed by atoms with van der Waals surface area (Å²) in [5.41, 5.74) is 8.17. The van der Waals surface area contributed by atoms with Gasteiger partial charge in [0.05, 0.1) is 0 Å². The molecule has 0 aliphatic heterocycles. The molecule has 31 heavy (non-hydrogen) atoms. The molecular weight excluding hydrogens is 372 g/mol. The molecule has 162 valence electrons. The van der Waals surface area contributed by atoms with Gasteiger partial charge in [0.2, 0.25) is 0 Å². The lowest BCUT2D eigenvalue weighted by Crippen LogP contribution is -1.94. The summed E-state index contributed by atoms with van der Waals surface area (Å²) >= 11 is 0. The Hall–Kier alpha value is -3.12. The Bertz CT molecular complexity index is 931. The van der Waals surface area contributed by atoms with Crippen LogP contribution in [-0.2, 0) is 0 Å². The maximum absolute atomic E-state index is 2.24. The smallest absolute Gasteiger partial charge is 0.00610 e. The van der Waals surface area contributed by atoms with E-state index in [0.717, 1.165) is 0 Å². The molecule has 0 spiro atoms. The highest BCUT2D eigenvalue weighted by molar-refractivity contribution is 5.31. The molecule has 4 aromatic carbocycles. The van der Waals surface area contributed by atoms with Crippen molar-refractivity contribution in [3.05, 3.63) is 143 Å². The highest BCUT2D eigenvalue weighted by Crippen LogP contribution is 2.22. The summed E-state index contributed by atoms with van der Waals surface area (Å²) in [5.74, 6) is 0.484. The summed E-state index contributed by atoms with van der Waals surface area (Å²) in [6.07, 6.45) is 0. The molecule has 0 saturated carbocycles. The van der Waals surface area contributed by atoms with E-state index in [1.165, 1.54) is 33.4 Å². The van der Waals surface area contributed by atoms with E-state index in [4.69, 9.17) is 0 Å². The van der Waals surface area contributed by atoms with E-state index in [1.54, 1.807) is 0 Å². The molecule has 4 rings (SSSR count). The van der Waals surface area contributed by atoms with Crippen LogP contribution in [-0.4, -0.2) is 0 Å². The molecule has 0 heteroatoms. The zero-order chi connectivity index (χ0) is 21.8. The minimum atomic E-state index is 0. The molecule has 0 unspecified atom stereocenters. The molecule has 0 fully saturated rings. The van der Waals surface area contributed by atoms with Gasteiger partial charge < -0.3 is 0 Å². The van der Waals surface area contributed by atoms with Crippen molar-refractivity contribution in [2.24, 2.45) is 0 Å². The van der Waals surface area contributed by atoms with Gasteiger partial charge in [0.1, 0.15) is 0 Å². The van der Waals surface area contributed by atoms with E-state index in [9.17, 15) is 0 Å². The molecular formula is C31H38. The van der Waals surface area contributed by atoms with E-state index >= 15 is 0 Å². The second kappa shape index (κ2) is 14.0. The average Bonchev–Trinajstić information content (AvgIpc) is 2.79. The molecule has 0 aliphatic rings. The van der Waals surface area contributed by atoms with Gasteiger partial charge in [-0.05, 0) is 49.9 Å². The summed E-state index contributed by atoms with van der Waals surface area (Å²) in [6.45, 7) is 10.7. The van der Waals surface area contributed by atoms with Crippen molar-refractivity contribution in [3.8, 4) is 0 Å². The van der Waals surface area contributed by atoms with Crippen LogP contribution in [0, 0.1) is 27.7 Å². The van der Waals surface area contributed by atoms with Crippen LogP contribution in [0.2, 0.25) is 0 Å². The van der Waals surface area contributed by atoms with Gasteiger partial charge in [-0.1, -0.05) is 135 Å². The predicted molar refractivity (Wildman–Crippen MR) is 139 cm³/mol. The lowest BCUT2D eigenvalue weighted by Gasteiger charge is -2.11. The number of benzene rings is 4. The molecule has 0 nitrogen and oxygen atoms in total. The zero-order valence-corrected chi connectivity index (χ0v) is 19.0. The first kappa shape index (κ1) is 25.9. The normalized spacial score (nSPS) is 9.48. The van der Waals surface area contributed by atoms with Gasteiger partial charge in [-0.15, -0.1) is 0 Å². The average molecular weight is 411 g/mol. The van der Waals surface area contributed by atoms with E-state index in [0.29, 0.717) is 5.92 Å². The summed E-state index contributed by atoms with van der Waals surface area (Å²) in [5, 5.41) is 0. The van der Waals surface area contributed by atoms with Crippen molar-refractivity contribution in [3.63, 3.8) is 0 Å². The van der Waals surface area contributed by atoms with E-state index < -0.39 is 0 Å². The van der Waals surface area contributed by atoms with Crippen LogP contribution >= 0.6 is 0 Å². The second-order valence-electron chi connectivity index (χ2n) is 7.79. The van der Waals surface area contributed by atoms with Crippen LogP contribution < -0.4 is 0 Å². The standard InChI is InChI=1S/C14H14.C9H12.C7H8.CH4/c1-12(13-8-4-2-5-9-13)14-10-6-3-7-11-14;1-7-4-5-8(2)9(3)6-7;1-7-5-3-2-4-6-7;/h2-12H,1H3;4-6H,1-3H3;2-6H,1H3;1H4. The third-order valence-electron chi connectivity index (χ3n) is 5.20. The maximum Gasteiger partial charge on any atom is 0.00610 e. The molecule has 0 N–H and O–H groups in total. The molecule has 0 radical (unpaired) electrons. The second-order valence-corrected chi connectivity index (χ2v) is 7.79. The van der Waals surface area contributed by atoms with Crippen LogP contribution in [0.5, 0.6) is 0 Å². The molecule has 0 aromatic heterocycles. The number of aryl methyl sites for hydroxylation is 4. The molecule has 0 bridgehead atoms. The molecule has 0 atom stereocenters. The largest absolute Gasteiger partial charge is 0.0776 e. The maximum atomic E-state index is 2.24. The molecule has 0 saturated heterocycles. The van der Waals surface area contributed by atoms with Crippen LogP contribution in [0.15, 0.2) is 109 Å². The Balaban J connectivity index is 0.000000245. The third kappa shape index (κ3) is 9.49. The Labute approximate surface area is 190 Å². The van der Waals surface area contributed by atoms with Crippen molar-refractivity contribution >= 4 is 0 Å². The van der Waals surface area contributed by atoms with Gasteiger partial charge in [0.25, 0.3) is 0 Å². The van der Waals surface area contributed by atoms with Gasteiger partial charge in [0, 0.05) is 5.92 Å². The number of rotatable bonds is 2. The lowest BCUT2D eigenvalue weighted by atomic mass is 9.93. The Kier molecular flexibility index (Phi) is 11.7. The van der Waals surface area contributed by atoms with Crippen LogP contribution in [0.4, 0.5) is 0 Å². The zero-order valence-electron chi connectivity index (χ0n) is 19.0. The Morgan fingerprint density at radius 2 is 0.871 bits per heavy atom. The third-order valence-corrected chi connectivity index (χ3v) is 5.20. The van der Waals surface area contributed by atoms with Crippen molar-refractivity contribution in [2.45, 2.75) is 48.0 Å². The minimum Gasteiger partial charge on any atom is -0.0776 e. The van der Waals surface area contributed by atoms with E-state index in [2.05, 4.69) is 126 Å². The predicted octanol–water partition coefficient (Wildman–Crippen LogP) is 9.08. The van der Waals surface area contributed by atoms with Crippen LogP contribution in [0.3, 0.4) is 0 Å². The number of hydrogen-bond donors (Lipinski definition) is 0. The Morgan fingerprint density at radius 1 is 0.452 bits per heavy atom. The van der Waals surface area contributed by atoms with Crippen molar-refractivity contribution < 1.29 is 0 Å². The highest BCUT2D eigenvalue weighted by Gasteiger charge is 2.05. The minimum absolute atomic E-state index is 0.